The van der Waals surface area contributed by atoms with Crippen molar-refractivity contribution in [2.45, 2.75) is 32.0 Å². The summed E-state index contributed by atoms with van der Waals surface area (Å²) in [6.45, 7) is 3.28. The third-order valence-corrected chi connectivity index (χ3v) is 5.68. The number of nitrogen functional groups attached to an aromatic ring is 1. The fourth-order valence-electron chi connectivity index (χ4n) is 3.98. The highest BCUT2D eigenvalue weighted by molar-refractivity contribution is 5.95. The molecule has 1 unspecified atom stereocenters. The van der Waals surface area contributed by atoms with Crippen LogP contribution in [0.25, 0.3) is 10.9 Å². The van der Waals surface area contributed by atoms with Crippen LogP contribution >= 0.6 is 0 Å². The Kier molecular flexibility index (Phi) is 6.92. The van der Waals surface area contributed by atoms with Gasteiger partial charge in [0.15, 0.2) is 0 Å². The number of rotatable bonds is 7. The molecule has 2 aromatic heterocycles. The maximum absolute atomic E-state index is 13.3. The van der Waals surface area contributed by atoms with E-state index in [0.29, 0.717) is 22.3 Å². The first-order chi connectivity index (χ1) is 16.6. The minimum atomic E-state index is -4.53. The van der Waals surface area contributed by atoms with E-state index in [4.69, 9.17) is 10.5 Å². The average molecular weight is 490 g/mol. The number of nitrogens with two attached hydrogens (primary N) is 1. The third kappa shape index (κ3) is 5.70. The van der Waals surface area contributed by atoms with Crippen molar-refractivity contribution in [2.24, 2.45) is 0 Å². The van der Waals surface area contributed by atoms with Gasteiger partial charge in [-0.15, -0.1) is 0 Å². The summed E-state index contributed by atoms with van der Waals surface area (Å²) in [5.74, 6) is 0.675. The Balaban J connectivity index is 1.73. The molecule has 3 aromatic rings. The molecule has 0 bridgehead atoms. The molecular formula is C23H26F3N7O2. The van der Waals surface area contributed by atoms with E-state index in [0.717, 1.165) is 43.9 Å². The van der Waals surface area contributed by atoms with Crippen molar-refractivity contribution < 1.29 is 22.7 Å². The van der Waals surface area contributed by atoms with Crippen LogP contribution in [0, 0.1) is 0 Å². The average Bonchev–Trinajstić information content (AvgIpc) is 3.33. The highest BCUT2D eigenvalue weighted by Crippen LogP contribution is 2.34. The van der Waals surface area contributed by atoms with Crippen molar-refractivity contribution in [1.82, 2.24) is 15.0 Å². The van der Waals surface area contributed by atoms with Crippen molar-refractivity contribution in [3.8, 4) is 0 Å². The Bertz CT molecular complexity index is 1230. The van der Waals surface area contributed by atoms with Crippen LogP contribution in [0.15, 0.2) is 30.5 Å². The van der Waals surface area contributed by atoms with Gasteiger partial charge in [0.05, 0.1) is 23.3 Å². The van der Waals surface area contributed by atoms with E-state index in [2.05, 4.69) is 30.5 Å². The maximum Gasteiger partial charge on any atom is 0.416 e. The van der Waals surface area contributed by atoms with E-state index >= 15 is 0 Å². The molecule has 1 amide bonds. The number of nitrogens with zero attached hydrogens (tertiary/aromatic N) is 4. The number of benzene rings is 1. The molecule has 186 valence electrons. The van der Waals surface area contributed by atoms with Crippen LogP contribution in [0.2, 0.25) is 0 Å². The number of pyridine rings is 1. The Morgan fingerprint density at radius 2 is 1.94 bits per heavy atom. The number of carbonyl (C=O) groups excluding carboxylic acids is 1. The molecule has 1 atom stereocenters. The van der Waals surface area contributed by atoms with Gasteiger partial charge in [0.1, 0.15) is 18.2 Å². The van der Waals surface area contributed by atoms with E-state index in [1.807, 2.05) is 6.07 Å². The summed E-state index contributed by atoms with van der Waals surface area (Å²) < 4.78 is 44.8. The van der Waals surface area contributed by atoms with Gasteiger partial charge in [-0.2, -0.15) is 18.2 Å². The van der Waals surface area contributed by atoms with Gasteiger partial charge in [0.2, 0.25) is 5.95 Å². The molecule has 0 radical (unpaired) electrons. The summed E-state index contributed by atoms with van der Waals surface area (Å²) in [5.41, 5.74) is 5.72. The first kappa shape index (κ1) is 24.5. The van der Waals surface area contributed by atoms with Gasteiger partial charge in [-0.3, -0.25) is 10.1 Å². The van der Waals surface area contributed by atoms with Crippen molar-refractivity contribution in [3.63, 3.8) is 0 Å². The zero-order valence-electron chi connectivity index (χ0n) is 19.3. The Hall–Kier alpha value is -3.67. The monoisotopic (exact) mass is 489 g/mol. The van der Waals surface area contributed by atoms with Crippen LogP contribution in [0.3, 0.4) is 0 Å². The zero-order valence-corrected chi connectivity index (χ0v) is 19.3. The van der Waals surface area contributed by atoms with Crippen LogP contribution in [0.5, 0.6) is 0 Å². The summed E-state index contributed by atoms with van der Waals surface area (Å²) in [7, 11) is 1.39. The molecule has 0 aliphatic carbocycles. The van der Waals surface area contributed by atoms with E-state index < -0.39 is 23.7 Å². The lowest BCUT2D eigenvalue weighted by molar-refractivity contribution is -0.137. The Morgan fingerprint density at radius 3 is 2.63 bits per heavy atom. The number of ether oxygens (including phenoxy) is 1. The number of halogens is 3. The summed E-state index contributed by atoms with van der Waals surface area (Å²) in [4.78, 5) is 27.5. The van der Waals surface area contributed by atoms with Crippen LogP contribution in [0.4, 0.5) is 36.4 Å². The maximum atomic E-state index is 13.3. The Morgan fingerprint density at radius 1 is 1.20 bits per heavy atom. The fourth-order valence-corrected chi connectivity index (χ4v) is 3.98. The first-order valence-electron chi connectivity index (χ1n) is 11.1. The number of anilines is 4. The molecule has 4 rings (SSSR count). The fraction of sp³-hybridized carbons (Fsp3) is 0.391. The molecule has 9 nitrogen and oxygen atoms in total. The smallest absolute Gasteiger partial charge is 0.399 e. The number of nitrogens with one attached hydrogen (secondary N) is 2. The molecule has 1 aliphatic heterocycles. The number of hydrogen-bond acceptors (Lipinski definition) is 8. The predicted molar refractivity (Wildman–Crippen MR) is 127 cm³/mol. The van der Waals surface area contributed by atoms with Crippen molar-refractivity contribution in [1.29, 1.82) is 0 Å². The number of alkyl halides is 3. The lowest BCUT2D eigenvalue weighted by Crippen LogP contribution is -2.20. The molecular weight excluding hydrogens is 463 g/mol. The van der Waals surface area contributed by atoms with Crippen molar-refractivity contribution >= 4 is 40.1 Å². The second-order valence-corrected chi connectivity index (χ2v) is 8.38. The van der Waals surface area contributed by atoms with Gasteiger partial charge in [-0.25, -0.2) is 9.97 Å². The van der Waals surface area contributed by atoms with E-state index in [-0.39, 0.29) is 18.2 Å². The van der Waals surface area contributed by atoms with Gasteiger partial charge in [0.25, 0.3) is 5.91 Å². The van der Waals surface area contributed by atoms with Crippen LogP contribution in [-0.2, 0) is 15.7 Å². The van der Waals surface area contributed by atoms with Gasteiger partial charge >= 0.3 is 6.18 Å². The van der Waals surface area contributed by atoms with Crippen LogP contribution in [-0.4, -0.2) is 47.7 Å². The number of carbonyl (C=O) groups is 1. The lowest BCUT2D eigenvalue weighted by Gasteiger charge is -2.20. The molecule has 4 N–H and O–H groups in total. The minimum Gasteiger partial charge on any atom is -0.399 e. The lowest BCUT2D eigenvalue weighted by atomic mass is 10.0. The van der Waals surface area contributed by atoms with Crippen LogP contribution in [0.1, 0.15) is 36.9 Å². The van der Waals surface area contributed by atoms with Gasteiger partial charge in [0, 0.05) is 31.3 Å². The summed E-state index contributed by atoms with van der Waals surface area (Å²) >= 11 is 0. The van der Waals surface area contributed by atoms with Crippen molar-refractivity contribution in [3.05, 3.63) is 41.6 Å². The Labute approximate surface area is 199 Å². The normalized spacial score (nSPS) is 14.8. The molecule has 0 spiro atoms. The largest absolute Gasteiger partial charge is 0.416 e. The number of amides is 1. The second kappa shape index (κ2) is 9.90. The third-order valence-electron chi connectivity index (χ3n) is 5.68. The molecule has 12 heteroatoms. The quantitative estimate of drug-likeness (QED) is 0.427. The standard InChI is InChI=1S/C23H26F3N7O2/c1-13(14-7-15(23(24,25)26)9-16(27)8-14)29-21-17-10-19(33-5-3-4-6-33)28-11-18(17)30-22(32-21)31-20(34)12-35-2/h7-11,13H,3-6,12,27H2,1-2H3,(H2,29,30,31,32,34). The highest BCUT2D eigenvalue weighted by atomic mass is 19.4. The summed E-state index contributed by atoms with van der Waals surface area (Å²) in [5, 5.41) is 6.35. The molecule has 3 heterocycles. The number of fused-ring (bicyclic) bond motifs is 1. The van der Waals surface area contributed by atoms with Gasteiger partial charge in [-0.1, -0.05) is 0 Å². The van der Waals surface area contributed by atoms with E-state index in [9.17, 15) is 18.0 Å². The second-order valence-electron chi connectivity index (χ2n) is 8.38. The summed E-state index contributed by atoms with van der Waals surface area (Å²) in [6.07, 6.45) is -0.797. The molecule has 1 saturated heterocycles. The molecule has 1 aliphatic rings. The SMILES string of the molecule is COCC(=O)Nc1nc(NC(C)c2cc(N)cc(C(F)(F)F)c2)c2cc(N3CCCC3)ncc2n1. The molecule has 0 saturated carbocycles. The highest BCUT2D eigenvalue weighted by Gasteiger charge is 2.31. The zero-order chi connectivity index (χ0) is 25.2. The minimum absolute atomic E-state index is 0.00376. The van der Waals surface area contributed by atoms with Crippen LogP contribution < -0.4 is 21.3 Å². The van der Waals surface area contributed by atoms with Gasteiger partial charge in [-0.05, 0) is 49.6 Å². The predicted octanol–water partition coefficient (Wildman–Crippen LogP) is 3.98. The molecule has 1 fully saturated rings. The molecule has 35 heavy (non-hydrogen) atoms. The number of aromatic nitrogens is 3. The van der Waals surface area contributed by atoms with Gasteiger partial charge < -0.3 is 20.7 Å². The first-order valence-corrected chi connectivity index (χ1v) is 11.1. The summed E-state index contributed by atoms with van der Waals surface area (Å²) in [6, 6.07) is 4.68. The number of hydrogen-bond donors (Lipinski definition) is 3. The molecule has 1 aromatic carbocycles. The topological polar surface area (TPSA) is 118 Å². The van der Waals surface area contributed by atoms with E-state index in [1.54, 1.807) is 13.1 Å². The van der Waals surface area contributed by atoms with Crippen molar-refractivity contribution in [2.75, 3.05) is 48.1 Å². The van der Waals surface area contributed by atoms with E-state index in [1.165, 1.54) is 13.2 Å². The number of methoxy groups -OCH3 is 1.